The Morgan fingerprint density at radius 3 is 2.55 bits per heavy atom. The molecular weight excluding hydrogens is 283 g/mol. The lowest BCUT2D eigenvalue weighted by Crippen LogP contribution is -2.52. The fraction of sp³-hybridized carbons (Fsp3) is 0.500. The van der Waals surface area contributed by atoms with Gasteiger partial charge >= 0.3 is 6.09 Å². The van der Waals surface area contributed by atoms with Gasteiger partial charge in [0.05, 0.1) is 0 Å². The number of carbonyl (C=O) groups excluding carboxylic acids is 1. The van der Waals surface area contributed by atoms with E-state index in [0.717, 1.165) is 10.5 Å². The highest BCUT2D eigenvalue weighted by atomic mass is 35.5. The van der Waals surface area contributed by atoms with Gasteiger partial charge in [0, 0.05) is 33.0 Å². The predicted molar refractivity (Wildman–Crippen MR) is 77.6 cm³/mol. The van der Waals surface area contributed by atoms with Crippen molar-refractivity contribution in [2.24, 2.45) is 0 Å². The first-order valence-electron chi connectivity index (χ1n) is 6.46. The third kappa shape index (κ3) is 4.08. The van der Waals surface area contributed by atoms with Crippen LogP contribution >= 0.6 is 12.4 Å². The molecule has 0 spiro atoms. The maximum absolute atomic E-state index is 14.5. The van der Waals surface area contributed by atoms with Crippen molar-refractivity contribution in [2.75, 3.05) is 20.1 Å². The molecule has 1 aromatic rings. The molecule has 0 atom stereocenters. The Kier molecular flexibility index (Phi) is 6.23. The van der Waals surface area contributed by atoms with Crippen molar-refractivity contribution in [3.8, 4) is 0 Å². The number of hydrogen-bond donors (Lipinski definition) is 1. The normalized spacial score (nSPS) is 16.9. The lowest BCUT2D eigenvalue weighted by atomic mass is 10.0. The topological polar surface area (TPSA) is 41.6 Å². The summed E-state index contributed by atoms with van der Waals surface area (Å²) in [5.41, 5.74) is 0.891. The molecule has 0 bridgehead atoms. The fourth-order valence-corrected chi connectivity index (χ4v) is 2.12. The van der Waals surface area contributed by atoms with Crippen LogP contribution in [-0.4, -0.2) is 36.9 Å². The van der Waals surface area contributed by atoms with E-state index < -0.39 is 11.9 Å². The molecule has 1 saturated heterocycles. The largest absolute Gasteiger partial charge is 0.444 e. The number of amides is 1. The molecule has 4 nitrogen and oxygen atoms in total. The first-order valence-corrected chi connectivity index (χ1v) is 6.46. The van der Waals surface area contributed by atoms with Crippen LogP contribution in [0.25, 0.3) is 0 Å². The molecule has 2 rings (SSSR count). The summed E-state index contributed by atoms with van der Waals surface area (Å²) in [7, 11) is 1.46. The van der Waals surface area contributed by atoms with Crippen LogP contribution in [0.4, 0.5) is 9.18 Å². The van der Waals surface area contributed by atoms with E-state index in [1.165, 1.54) is 7.05 Å². The van der Waals surface area contributed by atoms with Crippen LogP contribution in [0.3, 0.4) is 0 Å². The Morgan fingerprint density at radius 2 is 1.95 bits per heavy atom. The van der Waals surface area contributed by atoms with Gasteiger partial charge in [-0.25, -0.2) is 9.18 Å². The molecular formula is C14H20ClFN2O2. The SMILES string of the molecule is CN(C(=O)OCc1ccccc1)C1(F)CCNCC1.Cl. The molecule has 1 amide bonds. The molecule has 1 fully saturated rings. The van der Waals surface area contributed by atoms with Crippen LogP contribution in [0.5, 0.6) is 0 Å². The molecule has 1 heterocycles. The van der Waals surface area contributed by atoms with Crippen molar-refractivity contribution in [1.29, 1.82) is 0 Å². The molecule has 0 saturated carbocycles. The number of nitrogens with one attached hydrogen (secondary N) is 1. The molecule has 0 aliphatic carbocycles. The van der Waals surface area contributed by atoms with Gasteiger partial charge < -0.3 is 10.1 Å². The van der Waals surface area contributed by atoms with Crippen molar-refractivity contribution in [2.45, 2.75) is 25.2 Å². The van der Waals surface area contributed by atoms with Crippen LogP contribution in [0.15, 0.2) is 30.3 Å². The van der Waals surface area contributed by atoms with Crippen molar-refractivity contribution >= 4 is 18.5 Å². The summed E-state index contributed by atoms with van der Waals surface area (Å²) in [5.74, 6) is -1.60. The molecule has 1 N–H and O–H groups in total. The Hall–Kier alpha value is -1.33. The molecule has 1 aliphatic heterocycles. The summed E-state index contributed by atoms with van der Waals surface area (Å²) in [6, 6.07) is 9.36. The van der Waals surface area contributed by atoms with Crippen molar-refractivity contribution in [3.63, 3.8) is 0 Å². The van der Waals surface area contributed by atoms with E-state index in [2.05, 4.69) is 5.32 Å². The van der Waals surface area contributed by atoms with E-state index in [4.69, 9.17) is 4.74 Å². The maximum atomic E-state index is 14.5. The van der Waals surface area contributed by atoms with Crippen molar-refractivity contribution in [1.82, 2.24) is 10.2 Å². The second-order valence-electron chi connectivity index (χ2n) is 4.77. The Balaban J connectivity index is 0.00000200. The molecule has 112 valence electrons. The summed E-state index contributed by atoms with van der Waals surface area (Å²) in [4.78, 5) is 12.9. The molecule has 6 heteroatoms. The van der Waals surface area contributed by atoms with Gasteiger partial charge in [-0.2, -0.15) is 0 Å². The lowest BCUT2D eigenvalue weighted by molar-refractivity contribution is -0.0382. The minimum atomic E-state index is -1.60. The van der Waals surface area contributed by atoms with E-state index in [1.807, 2.05) is 30.3 Å². The van der Waals surface area contributed by atoms with Crippen molar-refractivity contribution in [3.05, 3.63) is 35.9 Å². The monoisotopic (exact) mass is 302 g/mol. The number of carbonyl (C=O) groups is 1. The number of hydrogen-bond acceptors (Lipinski definition) is 3. The van der Waals surface area contributed by atoms with E-state index in [1.54, 1.807) is 0 Å². The molecule has 0 aromatic heterocycles. The van der Waals surface area contributed by atoms with Crippen molar-refractivity contribution < 1.29 is 13.9 Å². The maximum Gasteiger partial charge on any atom is 0.412 e. The molecule has 1 aromatic carbocycles. The zero-order valence-electron chi connectivity index (χ0n) is 11.5. The Morgan fingerprint density at radius 1 is 1.35 bits per heavy atom. The first-order chi connectivity index (χ1) is 9.12. The first kappa shape index (κ1) is 16.7. The minimum Gasteiger partial charge on any atom is -0.444 e. The summed E-state index contributed by atoms with van der Waals surface area (Å²) in [6.45, 7) is 1.32. The highest BCUT2D eigenvalue weighted by Gasteiger charge is 2.39. The zero-order chi connectivity index (χ0) is 13.7. The number of nitrogens with zero attached hydrogens (tertiary/aromatic N) is 1. The number of halogens is 2. The Bertz CT molecular complexity index is 424. The highest BCUT2D eigenvalue weighted by molar-refractivity contribution is 5.85. The summed E-state index contributed by atoms with van der Waals surface area (Å²) >= 11 is 0. The molecule has 20 heavy (non-hydrogen) atoms. The Labute approximate surface area is 124 Å². The lowest BCUT2D eigenvalue weighted by Gasteiger charge is -2.37. The van der Waals surface area contributed by atoms with Gasteiger partial charge in [0.15, 0.2) is 5.79 Å². The average molecular weight is 303 g/mol. The predicted octanol–water partition coefficient (Wildman–Crippen LogP) is 2.73. The van der Waals surface area contributed by atoms with Gasteiger partial charge in [-0.3, -0.25) is 4.90 Å². The summed E-state index contributed by atoms with van der Waals surface area (Å²) in [6.07, 6.45) is -0.0262. The van der Waals surface area contributed by atoms with E-state index in [-0.39, 0.29) is 19.0 Å². The summed E-state index contributed by atoms with van der Waals surface area (Å²) in [5, 5.41) is 3.07. The van der Waals surface area contributed by atoms with E-state index in [9.17, 15) is 9.18 Å². The van der Waals surface area contributed by atoms with Crippen LogP contribution in [0.2, 0.25) is 0 Å². The third-order valence-corrected chi connectivity index (χ3v) is 3.45. The van der Waals surface area contributed by atoms with Gasteiger partial charge in [0.25, 0.3) is 0 Å². The van der Waals surface area contributed by atoms with E-state index in [0.29, 0.717) is 25.9 Å². The van der Waals surface area contributed by atoms with Crippen LogP contribution in [-0.2, 0) is 11.3 Å². The standard InChI is InChI=1S/C14H19FN2O2.ClH/c1-17(14(15)7-9-16-10-8-14)13(18)19-11-12-5-3-2-4-6-12;/h2-6,16H,7-11H2,1H3;1H. The van der Waals surface area contributed by atoms with Gasteiger partial charge in [0.1, 0.15) is 6.61 Å². The smallest absolute Gasteiger partial charge is 0.412 e. The van der Waals surface area contributed by atoms with E-state index >= 15 is 0 Å². The van der Waals surface area contributed by atoms with Gasteiger partial charge in [0.2, 0.25) is 0 Å². The second-order valence-corrected chi connectivity index (χ2v) is 4.77. The van der Waals surface area contributed by atoms with Crippen LogP contribution in [0, 0.1) is 0 Å². The highest BCUT2D eigenvalue weighted by Crippen LogP contribution is 2.27. The summed E-state index contributed by atoms with van der Waals surface area (Å²) < 4.78 is 19.7. The average Bonchev–Trinajstić information content (AvgIpc) is 2.46. The number of piperidine rings is 1. The molecule has 0 radical (unpaired) electrons. The number of ether oxygens (including phenoxy) is 1. The zero-order valence-corrected chi connectivity index (χ0v) is 12.3. The van der Waals surface area contributed by atoms with Gasteiger partial charge in [-0.15, -0.1) is 12.4 Å². The number of benzene rings is 1. The molecule has 1 aliphatic rings. The van der Waals surface area contributed by atoms with Crippen LogP contribution in [0.1, 0.15) is 18.4 Å². The quantitative estimate of drug-likeness (QED) is 0.873. The van der Waals surface area contributed by atoms with Gasteiger partial charge in [-0.1, -0.05) is 30.3 Å². The number of alkyl halides is 1. The minimum absolute atomic E-state index is 0. The second kappa shape index (κ2) is 7.45. The molecule has 0 unspecified atom stereocenters. The third-order valence-electron chi connectivity index (χ3n) is 3.45. The van der Waals surface area contributed by atoms with Crippen LogP contribution < -0.4 is 5.32 Å². The van der Waals surface area contributed by atoms with Gasteiger partial charge in [-0.05, 0) is 5.56 Å². The fourth-order valence-electron chi connectivity index (χ4n) is 2.12. The number of rotatable bonds is 3.